The Morgan fingerprint density at radius 2 is 2.33 bits per heavy atom. The number of nitriles is 1. The van der Waals surface area contributed by atoms with Crippen LogP contribution in [0.4, 0.5) is 0 Å². The van der Waals surface area contributed by atoms with Crippen molar-refractivity contribution in [3.63, 3.8) is 0 Å². The number of rotatable bonds is 2. The molecule has 0 bridgehead atoms. The molecule has 1 fully saturated rings. The van der Waals surface area contributed by atoms with Crippen molar-refractivity contribution in [3.05, 3.63) is 17.7 Å². The lowest BCUT2D eigenvalue weighted by Gasteiger charge is -2.29. The zero-order chi connectivity index (χ0) is 10.7. The van der Waals surface area contributed by atoms with E-state index >= 15 is 0 Å². The predicted octanol–water partition coefficient (Wildman–Crippen LogP) is 0.615. The predicted molar refractivity (Wildman–Crippen MR) is 54.1 cm³/mol. The summed E-state index contributed by atoms with van der Waals surface area (Å²) in [5.74, 6) is 0.846. The molecule has 1 unspecified atom stereocenters. The Bertz CT molecular complexity index is 362. The molecule has 0 amide bonds. The first kappa shape index (κ1) is 10.1. The molecule has 1 aromatic rings. The minimum Gasteiger partial charge on any atom is -0.379 e. The van der Waals surface area contributed by atoms with Crippen molar-refractivity contribution in [3.8, 4) is 6.07 Å². The highest BCUT2D eigenvalue weighted by Gasteiger charge is 2.23. The van der Waals surface area contributed by atoms with Gasteiger partial charge in [0.05, 0.1) is 31.2 Å². The molecule has 5 heteroatoms. The van der Waals surface area contributed by atoms with E-state index in [1.807, 2.05) is 6.92 Å². The van der Waals surface area contributed by atoms with Gasteiger partial charge in [-0.05, 0) is 6.92 Å². The maximum absolute atomic E-state index is 9.16. The summed E-state index contributed by atoms with van der Waals surface area (Å²) >= 11 is 0. The summed E-state index contributed by atoms with van der Waals surface area (Å²) in [5, 5.41) is 9.16. The van der Waals surface area contributed by atoms with E-state index in [0.717, 1.165) is 24.6 Å². The molecule has 80 valence electrons. The summed E-state index contributed by atoms with van der Waals surface area (Å²) in [6, 6.07) is 2.07. The van der Waals surface area contributed by atoms with E-state index < -0.39 is 0 Å². The highest BCUT2D eigenvalue weighted by molar-refractivity contribution is 5.14. The molecule has 1 aliphatic heterocycles. The van der Waals surface area contributed by atoms with Crippen molar-refractivity contribution in [1.29, 1.82) is 5.26 Å². The minimum atomic E-state index is -0.227. The van der Waals surface area contributed by atoms with Gasteiger partial charge < -0.3 is 9.72 Å². The Hall–Kier alpha value is -1.38. The van der Waals surface area contributed by atoms with Gasteiger partial charge in [-0.25, -0.2) is 4.98 Å². The van der Waals surface area contributed by atoms with E-state index in [9.17, 15) is 0 Å². The summed E-state index contributed by atoms with van der Waals surface area (Å²) in [4.78, 5) is 9.33. The van der Waals surface area contributed by atoms with Gasteiger partial charge >= 0.3 is 0 Å². The van der Waals surface area contributed by atoms with Crippen LogP contribution in [0.2, 0.25) is 0 Å². The summed E-state index contributed by atoms with van der Waals surface area (Å²) in [7, 11) is 0. The third kappa shape index (κ3) is 2.17. The molecule has 0 spiro atoms. The molecule has 2 rings (SSSR count). The number of aromatic amines is 1. The zero-order valence-corrected chi connectivity index (χ0v) is 8.73. The van der Waals surface area contributed by atoms with E-state index in [1.54, 1.807) is 6.20 Å². The van der Waals surface area contributed by atoms with Gasteiger partial charge in [0, 0.05) is 13.1 Å². The number of imidazole rings is 1. The van der Waals surface area contributed by atoms with Crippen LogP contribution in [-0.2, 0) is 4.74 Å². The normalized spacial score (nSPS) is 19.7. The quantitative estimate of drug-likeness (QED) is 0.770. The number of hydrogen-bond donors (Lipinski definition) is 1. The summed E-state index contributed by atoms with van der Waals surface area (Å²) in [6.45, 7) is 4.89. The largest absolute Gasteiger partial charge is 0.379 e. The van der Waals surface area contributed by atoms with Gasteiger partial charge in [0.15, 0.2) is 0 Å². The maximum atomic E-state index is 9.16. The second-order valence-corrected chi connectivity index (χ2v) is 3.60. The Kier molecular flexibility index (Phi) is 2.99. The van der Waals surface area contributed by atoms with Crippen LogP contribution < -0.4 is 0 Å². The van der Waals surface area contributed by atoms with E-state index in [0.29, 0.717) is 13.2 Å². The van der Waals surface area contributed by atoms with Gasteiger partial charge in [-0.1, -0.05) is 0 Å². The van der Waals surface area contributed by atoms with Crippen molar-refractivity contribution >= 4 is 0 Å². The molecule has 1 N–H and O–H groups in total. The molecular formula is C10H14N4O. The third-order valence-electron chi connectivity index (χ3n) is 2.55. The van der Waals surface area contributed by atoms with Gasteiger partial charge in [-0.2, -0.15) is 5.26 Å². The second kappa shape index (κ2) is 4.43. The number of H-pyrrole nitrogens is 1. The number of morpholine rings is 1. The van der Waals surface area contributed by atoms with Gasteiger partial charge in [0.2, 0.25) is 0 Å². The van der Waals surface area contributed by atoms with Crippen LogP contribution >= 0.6 is 0 Å². The molecular weight excluding hydrogens is 192 g/mol. The first-order chi connectivity index (χ1) is 7.31. The molecule has 0 saturated carbocycles. The van der Waals surface area contributed by atoms with Crippen LogP contribution in [0.3, 0.4) is 0 Å². The average molecular weight is 206 g/mol. The maximum Gasteiger partial charge on any atom is 0.140 e. The lowest BCUT2D eigenvalue weighted by atomic mass is 10.2. The van der Waals surface area contributed by atoms with Crippen molar-refractivity contribution in [1.82, 2.24) is 14.9 Å². The monoisotopic (exact) mass is 206 g/mol. The van der Waals surface area contributed by atoms with E-state index in [4.69, 9.17) is 10.00 Å². The lowest BCUT2D eigenvalue weighted by molar-refractivity contribution is 0.0260. The van der Waals surface area contributed by atoms with Gasteiger partial charge in [0.25, 0.3) is 0 Å². The van der Waals surface area contributed by atoms with Crippen molar-refractivity contribution in [2.45, 2.75) is 13.0 Å². The lowest BCUT2D eigenvalue weighted by Crippen LogP contribution is -2.38. The molecule has 1 aliphatic rings. The topological polar surface area (TPSA) is 64.9 Å². The summed E-state index contributed by atoms with van der Waals surface area (Å²) < 4.78 is 5.26. The number of hydrogen-bond acceptors (Lipinski definition) is 4. The van der Waals surface area contributed by atoms with Crippen molar-refractivity contribution < 1.29 is 4.74 Å². The fourth-order valence-electron chi connectivity index (χ4n) is 1.76. The van der Waals surface area contributed by atoms with E-state index in [1.165, 1.54) is 0 Å². The van der Waals surface area contributed by atoms with Crippen LogP contribution in [-0.4, -0.2) is 41.2 Å². The molecule has 2 heterocycles. The van der Waals surface area contributed by atoms with E-state index in [2.05, 4.69) is 20.9 Å². The Morgan fingerprint density at radius 1 is 1.60 bits per heavy atom. The first-order valence-electron chi connectivity index (χ1n) is 5.04. The molecule has 0 aliphatic carbocycles. The van der Waals surface area contributed by atoms with Gasteiger partial charge in [-0.3, -0.25) is 4.90 Å². The number of ether oxygens (including phenoxy) is 1. The van der Waals surface area contributed by atoms with Crippen LogP contribution in [0.25, 0.3) is 0 Å². The number of nitrogens with zero attached hydrogens (tertiary/aromatic N) is 3. The van der Waals surface area contributed by atoms with Gasteiger partial charge in [-0.15, -0.1) is 0 Å². The fourth-order valence-corrected chi connectivity index (χ4v) is 1.76. The highest BCUT2D eigenvalue weighted by atomic mass is 16.5. The molecule has 1 aromatic heterocycles. The highest BCUT2D eigenvalue weighted by Crippen LogP contribution is 2.18. The number of aryl methyl sites for hydroxylation is 1. The molecule has 15 heavy (non-hydrogen) atoms. The summed E-state index contributed by atoms with van der Waals surface area (Å²) in [6.07, 6.45) is 1.73. The fraction of sp³-hybridized carbons (Fsp3) is 0.600. The average Bonchev–Trinajstić information content (AvgIpc) is 2.68. The Morgan fingerprint density at radius 3 is 2.87 bits per heavy atom. The van der Waals surface area contributed by atoms with Crippen LogP contribution in [0.5, 0.6) is 0 Å². The number of aromatic nitrogens is 2. The van der Waals surface area contributed by atoms with Crippen LogP contribution in [0.15, 0.2) is 6.20 Å². The molecule has 1 saturated heterocycles. The number of nitrogens with one attached hydrogen (secondary N) is 1. The van der Waals surface area contributed by atoms with Crippen LogP contribution in [0.1, 0.15) is 17.6 Å². The van der Waals surface area contributed by atoms with Crippen molar-refractivity contribution in [2.24, 2.45) is 0 Å². The Balaban J connectivity index is 2.13. The summed E-state index contributed by atoms with van der Waals surface area (Å²) in [5.41, 5.74) is 0.872. The van der Waals surface area contributed by atoms with Crippen LogP contribution in [0, 0.1) is 18.3 Å². The molecule has 5 nitrogen and oxygen atoms in total. The second-order valence-electron chi connectivity index (χ2n) is 3.60. The third-order valence-corrected chi connectivity index (χ3v) is 2.55. The SMILES string of the molecule is Cc1ncc(C(C#N)N2CCOCC2)[nH]1. The smallest absolute Gasteiger partial charge is 0.140 e. The minimum absolute atomic E-state index is 0.227. The standard InChI is InChI=1S/C10H14N4O/c1-8-12-7-9(13-8)10(6-11)14-2-4-15-5-3-14/h7,10H,2-5H2,1H3,(H,12,13). The molecule has 1 atom stereocenters. The van der Waals surface area contributed by atoms with E-state index in [-0.39, 0.29) is 6.04 Å². The Labute approximate surface area is 88.7 Å². The first-order valence-corrected chi connectivity index (χ1v) is 5.04. The zero-order valence-electron chi connectivity index (χ0n) is 8.73. The molecule has 0 aromatic carbocycles. The van der Waals surface area contributed by atoms with Gasteiger partial charge in [0.1, 0.15) is 11.9 Å². The van der Waals surface area contributed by atoms with Crippen molar-refractivity contribution in [2.75, 3.05) is 26.3 Å². The molecule has 0 radical (unpaired) electrons.